The second-order valence-electron chi connectivity index (χ2n) is 5.93. The molecule has 0 aliphatic heterocycles. The van der Waals surface area contributed by atoms with E-state index in [0.717, 1.165) is 18.4 Å². The van der Waals surface area contributed by atoms with E-state index in [1.54, 1.807) is 19.9 Å². The monoisotopic (exact) mass is 316 g/mol. The summed E-state index contributed by atoms with van der Waals surface area (Å²) in [6, 6.07) is 5.29. The Morgan fingerprint density at radius 3 is 2.35 bits per heavy atom. The number of hydrogen-bond acceptors (Lipinski definition) is 3. The van der Waals surface area contributed by atoms with Crippen LogP contribution < -0.4 is 11.1 Å². The largest absolute Gasteiger partial charge is 0.448 e. The van der Waals surface area contributed by atoms with Gasteiger partial charge in [-0.2, -0.15) is 0 Å². The van der Waals surface area contributed by atoms with Crippen molar-refractivity contribution in [3.63, 3.8) is 0 Å². The van der Waals surface area contributed by atoms with Crippen molar-refractivity contribution < 1.29 is 9.53 Å². The summed E-state index contributed by atoms with van der Waals surface area (Å²) in [5, 5.41) is 3.98. The fourth-order valence-corrected chi connectivity index (χ4v) is 2.45. The SMILES string of the molecule is CC(C)(N)COC(=O)NC1(c2cc(Cl)cc(Cl)c2)CC1. The standard InChI is InChI=1S/C14H18Cl2N2O2/c1-13(2,17)8-20-12(19)18-14(3-4-14)9-5-10(15)7-11(16)6-9/h5-7H,3-4,8,17H2,1-2H3,(H,18,19). The van der Waals surface area contributed by atoms with E-state index in [1.165, 1.54) is 0 Å². The smallest absolute Gasteiger partial charge is 0.407 e. The number of nitrogens with one attached hydrogen (secondary N) is 1. The van der Waals surface area contributed by atoms with Crippen LogP contribution in [0.1, 0.15) is 32.3 Å². The van der Waals surface area contributed by atoms with Crippen LogP contribution in [0.5, 0.6) is 0 Å². The van der Waals surface area contributed by atoms with Gasteiger partial charge in [-0.15, -0.1) is 0 Å². The Balaban J connectivity index is 2.03. The van der Waals surface area contributed by atoms with Crippen molar-refractivity contribution in [1.82, 2.24) is 5.32 Å². The number of alkyl carbamates (subject to hydrolysis) is 1. The van der Waals surface area contributed by atoms with Crippen LogP contribution >= 0.6 is 23.2 Å². The Morgan fingerprint density at radius 2 is 1.90 bits per heavy atom. The van der Waals surface area contributed by atoms with Gasteiger partial charge in [-0.05, 0) is 50.5 Å². The van der Waals surface area contributed by atoms with Crippen LogP contribution in [0.2, 0.25) is 10.0 Å². The zero-order valence-electron chi connectivity index (χ0n) is 11.5. The molecule has 3 N–H and O–H groups in total. The molecule has 1 aromatic carbocycles. The van der Waals surface area contributed by atoms with E-state index in [9.17, 15) is 4.79 Å². The lowest BCUT2D eigenvalue weighted by atomic mass is 10.1. The number of rotatable bonds is 4. The molecule has 0 spiro atoms. The van der Waals surface area contributed by atoms with Gasteiger partial charge in [-0.1, -0.05) is 23.2 Å². The van der Waals surface area contributed by atoms with Gasteiger partial charge in [-0.3, -0.25) is 0 Å². The second-order valence-corrected chi connectivity index (χ2v) is 6.80. The van der Waals surface area contributed by atoms with E-state index in [-0.39, 0.29) is 6.61 Å². The average Bonchev–Trinajstić information content (AvgIpc) is 3.05. The van der Waals surface area contributed by atoms with Crippen molar-refractivity contribution in [3.05, 3.63) is 33.8 Å². The number of amides is 1. The van der Waals surface area contributed by atoms with Crippen LogP contribution in [0.4, 0.5) is 4.79 Å². The normalized spacial score (nSPS) is 16.6. The summed E-state index contributed by atoms with van der Waals surface area (Å²) < 4.78 is 5.12. The topological polar surface area (TPSA) is 64.3 Å². The highest BCUT2D eigenvalue weighted by atomic mass is 35.5. The fourth-order valence-electron chi connectivity index (χ4n) is 1.92. The van der Waals surface area contributed by atoms with E-state index < -0.39 is 17.2 Å². The van der Waals surface area contributed by atoms with Gasteiger partial charge in [0, 0.05) is 15.6 Å². The molecule has 0 unspecified atom stereocenters. The van der Waals surface area contributed by atoms with E-state index in [0.29, 0.717) is 10.0 Å². The van der Waals surface area contributed by atoms with Gasteiger partial charge >= 0.3 is 6.09 Å². The van der Waals surface area contributed by atoms with E-state index in [1.807, 2.05) is 12.1 Å². The maximum Gasteiger partial charge on any atom is 0.407 e. The van der Waals surface area contributed by atoms with Crippen molar-refractivity contribution >= 4 is 29.3 Å². The van der Waals surface area contributed by atoms with Crippen molar-refractivity contribution in [3.8, 4) is 0 Å². The zero-order chi connectivity index (χ0) is 15.0. The van der Waals surface area contributed by atoms with E-state index >= 15 is 0 Å². The third kappa shape index (κ3) is 4.01. The molecule has 1 amide bonds. The molecule has 0 bridgehead atoms. The lowest BCUT2D eigenvalue weighted by Gasteiger charge is -2.22. The molecular formula is C14H18Cl2N2O2. The quantitative estimate of drug-likeness (QED) is 0.894. The number of halogens is 2. The molecule has 0 atom stereocenters. The minimum atomic E-state index is -0.548. The van der Waals surface area contributed by atoms with Crippen LogP contribution in [0.3, 0.4) is 0 Å². The summed E-state index contributed by atoms with van der Waals surface area (Å²) in [6.45, 7) is 3.75. The molecule has 1 aromatic rings. The number of benzene rings is 1. The molecule has 1 aliphatic carbocycles. The molecule has 1 fully saturated rings. The summed E-state index contributed by atoms with van der Waals surface area (Å²) in [5.74, 6) is 0. The minimum absolute atomic E-state index is 0.158. The summed E-state index contributed by atoms with van der Waals surface area (Å²) in [5.41, 5.74) is 5.72. The van der Waals surface area contributed by atoms with E-state index in [2.05, 4.69) is 5.32 Å². The lowest BCUT2D eigenvalue weighted by Crippen LogP contribution is -2.42. The van der Waals surface area contributed by atoms with Crippen molar-refractivity contribution in [2.45, 2.75) is 37.8 Å². The van der Waals surface area contributed by atoms with Crippen LogP contribution in [0, 0.1) is 0 Å². The molecule has 0 saturated heterocycles. The highest BCUT2D eigenvalue weighted by Gasteiger charge is 2.46. The number of ether oxygens (including phenoxy) is 1. The summed E-state index contributed by atoms with van der Waals surface area (Å²) in [7, 11) is 0. The van der Waals surface area contributed by atoms with Crippen LogP contribution in [-0.2, 0) is 10.3 Å². The van der Waals surface area contributed by atoms with Crippen LogP contribution in [0.15, 0.2) is 18.2 Å². The Labute approximate surface area is 128 Å². The number of carbonyl (C=O) groups is 1. The predicted octanol–water partition coefficient (Wildman–Crippen LogP) is 3.45. The van der Waals surface area contributed by atoms with Crippen LogP contribution in [-0.4, -0.2) is 18.2 Å². The Bertz CT molecular complexity index is 502. The van der Waals surface area contributed by atoms with Crippen LogP contribution in [0.25, 0.3) is 0 Å². The maximum atomic E-state index is 11.8. The van der Waals surface area contributed by atoms with Gasteiger partial charge < -0.3 is 15.8 Å². The highest BCUT2D eigenvalue weighted by molar-refractivity contribution is 6.34. The summed E-state index contributed by atoms with van der Waals surface area (Å²) >= 11 is 12.0. The molecule has 1 saturated carbocycles. The first kappa shape index (κ1) is 15.4. The molecule has 0 radical (unpaired) electrons. The lowest BCUT2D eigenvalue weighted by molar-refractivity contribution is 0.120. The molecule has 6 heteroatoms. The van der Waals surface area contributed by atoms with E-state index in [4.69, 9.17) is 33.7 Å². The Morgan fingerprint density at radius 1 is 1.35 bits per heavy atom. The first-order chi connectivity index (χ1) is 9.20. The first-order valence-corrected chi connectivity index (χ1v) is 7.16. The first-order valence-electron chi connectivity index (χ1n) is 6.41. The fraction of sp³-hybridized carbons (Fsp3) is 0.500. The average molecular weight is 317 g/mol. The molecular weight excluding hydrogens is 299 g/mol. The van der Waals surface area contributed by atoms with Gasteiger partial charge in [0.2, 0.25) is 0 Å². The molecule has 4 nitrogen and oxygen atoms in total. The molecule has 110 valence electrons. The molecule has 0 aromatic heterocycles. The van der Waals surface area contributed by atoms with Gasteiger partial charge in [0.15, 0.2) is 0 Å². The minimum Gasteiger partial charge on any atom is -0.448 e. The maximum absolute atomic E-state index is 11.8. The molecule has 2 rings (SSSR count). The number of nitrogens with two attached hydrogens (primary N) is 1. The second kappa shape index (κ2) is 5.43. The molecule has 0 heterocycles. The van der Waals surface area contributed by atoms with Gasteiger partial charge in [0.25, 0.3) is 0 Å². The Kier molecular flexibility index (Phi) is 4.19. The summed E-state index contributed by atoms with van der Waals surface area (Å²) in [4.78, 5) is 11.8. The molecule has 20 heavy (non-hydrogen) atoms. The van der Waals surface area contributed by atoms with Crippen molar-refractivity contribution in [1.29, 1.82) is 0 Å². The number of carbonyl (C=O) groups excluding carboxylic acids is 1. The van der Waals surface area contributed by atoms with Gasteiger partial charge in [0.1, 0.15) is 6.61 Å². The predicted molar refractivity (Wildman–Crippen MR) is 80.1 cm³/mol. The third-order valence-corrected chi connectivity index (χ3v) is 3.52. The summed E-state index contributed by atoms with van der Waals surface area (Å²) in [6.07, 6.45) is 1.20. The zero-order valence-corrected chi connectivity index (χ0v) is 13.0. The third-order valence-electron chi connectivity index (χ3n) is 3.08. The van der Waals surface area contributed by atoms with Crippen molar-refractivity contribution in [2.75, 3.05) is 6.61 Å². The van der Waals surface area contributed by atoms with Gasteiger partial charge in [-0.25, -0.2) is 4.79 Å². The van der Waals surface area contributed by atoms with Gasteiger partial charge in [0.05, 0.1) is 5.54 Å². The Hall–Kier alpha value is -0.970. The highest BCUT2D eigenvalue weighted by Crippen LogP contribution is 2.46. The number of hydrogen-bond donors (Lipinski definition) is 2. The van der Waals surface area contributed by atoms with Crippen molar-refractivity contribution in [2.24, 2.45) is 5.73 Å². The molecule has 1 aliphatic rings.